The zero-order valence-electron chi connectivity index (χ0n) is 15.7. The third kappa shape index (κ3) is 5.11. The van der Waals surface area contributed by atoms with Gasteiger partial charge >= 0.3 is 0 Å². The van der Waals surface area contributed by atoms with Crippen molar-refractivity contribution in [2.24, 2.45) is 10.8 Å². The Labute approximate surface area is 168 Å². The highest BCUT2D eigenvalue weighted by Gasteiger charge is 2.34. The Balaban J connectivity index is 1.74. The van der Waals surface area contributed by atoms with E-state index < -0.39 is 27.9 Å². The van der Waals surface area contributed by atoms with Gasteiger partial charge in [0.15, 0.2) is 0 Å². The molecule has 0 radical (unpaired) electrons. The summed E-state index contributed by atoms with van der Waals surface area (Å²) in [7, 11) is -3.45. The third-order valence-electron chi connectivity index (χ3n) is 4.27. The molecule has 29 heavy (non-hydrogen) atoms. The Hall–Kier alpha value is -3.40. The average Bonchev–Trinajstić information content (AvgIpc) is 3.12. The van der Waals surface area contributed by atoms with Gasteiger partial charge < -0.3 is 11.1 Å². The molecule has 1 unspecified atom stereocenters. The Morgan fingerprint density at radius 1 is 1.14 bits per heavy atom. The van der Waals surface area contributed by atoms with Crippen LogP contribution < -0.4 is 20.8 Å². The molecule has 1 aliphatic heterocycles. The van der Waals surface area contributed by atoms with Crippen LogP contribution in [0.5, 0.6) is 0 Å². The molecule has 1 aliphatic rings. The second-order valence-electron chi connectivity index (χ2n) is 6.56. The summed E-state index contributed by atoms with van der Waals surface area (Å²) >= 11 is 0. The number of hydrogen-bond donors (Lipinski definition) is 3. The molecule has 3 rings (SSSR count). The van der Waals surface area contributed by atoms with E-state index in [1.807, 2.05) is 6.07 Å². The van der Waals surface area contributed by atoms with E-state index >= 15 is 0 Å². The molecule has 2 aromatic carbocycles. The summed E-state index contributed by atoms with van der Waals surface area (Å²) in [6.07, 6.45) is 1.14. The first-order valence-electron chi connectivity index (χ1n) is 8.79. The van der Waals surface area contributed by atoms with Gasteiger partial charge in [0, 0.05) is 13.0 Å². The number of carbonyl (C=O) groups is 2. The first kappa shape index (κ1) is 20.3. The molecule has 0 aliphatic carbocycles. The summed E-state index contributed by atoms with van der Waals surface area (Å²) in [6, 6.07) is 15.0. The Bertz CT molecular complexity index is 1050. The van der Waals surface area contributed by atoms with Gasteiger partial charge in [0.05, 0.1) is 17.6 Å². The van der Waals surface area contributed by atoms with E-state index in [2.05, 4.69) is 15.1 Å². The van der Waals surface area contributed by atoms with Crippen molar-refractivity contribution in [3.63, 3.8) is 0 Å². The van der Waals surface area contributed by atoms with E-state index in [9.17, 15) is 18.0 Å². The number of rotatable bonds is 7. The predicted molar refractivity (Wildman–Crippen MR) is 111 cm³/mol. The molecule has 1 heterocycles. The Morgan fingerprint density at radius 3 is 2.45 bits per heavy atom. The zero-order valence-corrected chi connectivity index (χ0v) is 16.5. The first-order valence-corrected chi connectivity index (χ1v) is 10.7. The van der Waals surface area contributed by atoms with Gasteiger partial charge in [-0.15, -0.1) is 0 Å². The topological polar surface area (TPSA) is 134 Å². The number of hydrogen-bond acceptors (Lipinski definition) is 6. The molecule has 9 nitrogen and oxygen atoms in total. The van der Waals surface area contributed by atoms with Crippen molar-refractivity contribution >= 4 is 38.9 Å². The number of anilines is 2. The van der Waals surface area contributed by atoms with Gasteiger partial charge in [-0.3, -0.25) is 19.3 Å². The van der Waals surface area contributed by atoms with E-state index in [0.717, 1.165) is 6.26 Å². The van der Waals surface area contributed by atoms with Gasteiger partial charge in [0.1, 0.15) is 11.8 Å². The van der Waals surface area contributed by atoms with Crippen LogP contribution in [0, 0.1) is 0 Å². The maximum Gasteiger partial charge on any atom is 0.267 e. The number of benzene rings is 2. The summed E-state index contributed by atoms with van der Waals surface area (Å²) in [5.41, 5.74) is 7.28. The van der Waals surface area contributed by atoms with E-state index in [1.165, 1.54) is 5.01 Å². The maximum atomic E-state index is 12.6. The predicted octanol–water partition coefficient (Wildman–Crippen LogP) is 0.794. The van der Waals surface area contributed by atoms with Crippen molar-refractivity contribution in [2.75, 3.05) is 16.0 Å². The SMILES string of the molecule is CS(=O)(=O)Nc1ccccc1CNC(=O)C1=NN(c2ccccc2)C(C(N)=O)C1. The van der Waals surface area contributed by atoms with E-state index in [-0.39, 0.29) is 18.7 Å². The molecule has 0 fully saturated rings. The van der Waals surface area contributed by atoms with Crippen molar-refractivity contribution in [1.82, 2.24) is 5.32 Å². The summed E-state index contributed by atoms with van der Waals surface area (Å²) in [5, 5.41) is 8.44. The Kier molecular flexibility index (Phi) is 5.83. The van der Waals surface area contributed by atoms with Crippen molar-refractivity contribution in [3.05, 3.63) is 60.2 Å². The molecule has 152 valence electrons. The normalized spacial score (nSPS) is 16.2. The maximum absolute atomic E-state index is 12.6. The molecule has 0 aromatic heterocycles. The molecule has 4 N–H and O–H groups in total. The van der Waals surface area contributed by atoms with Gasteiger partial charge in [-0.2, -0.15) is 5.10 Å². The highest BCUT2D eigenvalue weighted by atomic mass is 32.2. The Morgan fingerprint density at radius 2 is 1.79 bits per heavy atom. The van der Waals surface area contributed by atoms with Gasteiger partial charge in [-0.05, 0) is 23.8 Å². The van der Waals surface area contributed by atoms with Crippen LogP contribution in [0.4, 0.5) is 11.4 Å². The number of carbonyl (C=O) groups excluding carboxylic acids is 2. The number of nitrogens with zero attached hydrogens (tertiary/aromatic N) is 2. The summed E-state index contributed by atoms with van der Waals surface area (Å²) in [6.45, 7) is 0.0864. The fourth-order valence-corrected chi connectivity index (χ4v) is 3.54. The lowest BCUT2D eigenvalue weighted by Gasteiger charge is -2.20. The average molecular weight is 415 g/mol. The van der Waals surface area contributed by atoms with Crippen LogP contribution in [-0.2, 0) is 26.2 Å². The molecular weight excluding hydrogens is 394 g/mol. The highest BCUT2D eigenvalue weighted by molar-refractivity contribution is 7.92. The fraction of sp³-hybridized carbons (Fsp3) is 0.211. The lowest BCUT2D eigenvalue weighted by atomic mass is 10.1. The minimum Gasteiger partial charge on any atom is -0.368 e. The number of amides is 2. The van der Waals surface area contributed by atoms with Crippen LogP contribution in [0.3, 0.4) is 0 Å². The van der Waals surface area contributed by atoms with E-state index in [4.69, 9.17) is 5.73 Å². The molecule has 10 heteroatoms. The monoisotopic (exact) mass is 415 g/mol. The molecule has 0 saturated heterocycles. The molecule has 1 atom stereocenters. The minimum absolute atomic E-state index is 0.0826. The molecule has 0 bridgehead atoms. The van der Waals surface area contributed by atoms with E-state index in [1.54, 1.807) is 48.5 Å². The van der Waals surface area contributed by atoms with Crippen LogP contribution in [0.25, 0.3) is 0 Å². The number of primary amides is 1. The molecule has 0 saturated carbocycles. The molecule has 2 aromatic rings. The number of nitrogens with two attached hydrogens (primary N) is 1. The number of para-hydroxylation sites is 2. The second-order valence-corrected chi connectivity index (χ2v) is 8.31. The summed E-state index contributed by atoms with van der Waals surface area (Å²) in [5.74, 6) is -1.04. The standard InChI is InChI=1S/C19H21N5O4S/c1-29(27,28)23-15-10-6-5-7-13(15)12-21-19(26)16-11-17(18(20)25)24(22-16)14-8-3-2-4-9-14/h2-10,17,23H,11-12H2,1H3,(H2,20,25)(H,21,26). The smallest absolute Gasteiger partial charge is 0.267 e. The first-order chi connectivity index (χ1) is 13.7. The lowest BCUT2D eigenvalue weighted by molar-refractivity contribution is -0.119. The lowest BCUT2D eigenvalue weighted by Crippen LogP contribution is -2.39. The van der Waals surface area contributed by atoms with Crippen molar-refractivity contribution in [1.29, 1.82) is 0 Å². The summed E-state index contributed by atoms with van der Waals surface area (Å²) < 4.78 is 25.4. The number of hydrazone groups is 1. The molecular formula is C19H21N5O4S. The zero-order chi connectivity index (χ0) is 21.0. The van der Waals surface area contributed by atoms with Crippen molar-refractivity contribution in [2.45, 2.75) is 19.0 Å². The van der Waals surface area contributed by atoms with Gasteiger partial charge in [-0.1, -0.05) is 36.4 Å². The third-order valence-corrected chi connectivity index (χ3v) is 4.86. The van der Waals surface area contributed by atoms with Crippen molar-refractivity contribution in [3.8, 4) is 0 Å². The van der Waals surface area contributed by atoms with Crippen LogP contribution >= 0.6 is 0 Å². The largest absolute Gasteiger partial charge is 0.368 e. The minimum atomic E-state index is -3.45. The fourth-order valence-electron chi connectivity index (χ4n) is 2.94. The highest BCUT2D eigenvalue weighted by Crippen LogP contribution is 2.24. The second kappa shape index (κ2) is 8.31. The van der Waals surface area contributed by atoms with Crippen molar-refractivity contribution < 1.29 is 18.0 Å². The van der Waals surface area contributed by atoms with Crippen LogP contribution in [0.1, 0.15) is 12.0 Å². The summed E-state index contributed by atoms with van der Waals surface area (Å²) in [4.78, 5) is 24.4. The van der Waals surface area contributed by atoms with Crippen LogP contribution in [0.15, 0.2) is 59.7 Å². The van der Waals surface area contributed by atoms with Crippen LogP contribution in [-0.4, -0.2) is 38.2 Å². The van der Waals surface area contributed by atoms with E-state index in [0.29, 0.717) is 16.9 Å². The molecule has 2 amide bonds. The van der Waals surface area contributed by atoms with Gasteiger partial charge in [0.2, 0.25) is 15.9 Å². The van der Waals surface area contributed by atoms with Gasteiger partial charge in [0.25, 0.3) is 5.91 Å². The van der Waals surface area contributed by atoms with Crippen LogP contribution in [0.2, 0.25) is 0 Å². The van der Waals surface area contributed by atoms with Gasteiger partial charge in [-0.25, -0.2) is 8.42 Å². The number of sulfonamides is 1. The molecule has 0 spiro atoms. The number of nitrogens with one attached hydrogen (secondary N) is 2. The quantitative estimate of drug-likeness (QED) is 0.615.